The van der Waals surface area contributed by atoms with Crippen molar-refractivity contribution in [1.82, 2.24) is 4.90 Å². The smallest absolute Gasteiger partial charge is 0.227 e. The van der Waals surface area contributed by atoms with E-state index in [2.05, 4.69) is 0 Å². The molecule has 0 spiro atoms. The lowest BCUT2D eigenvalue weighted by atomic mass is 10.0. The van der Waals surface area contributed by atoms with Gasteiger partial charge in [-0.1, -0.05) is 23.7 Å². The van der Waals surface area contributed by atoms with Gasteiger partial charge >= 0.3 is 0 Å². The molecule has 0 aliphatic carbocycles. The Morgan fingerprint density at radius 1 is 1.22 bits per heavy atom. The molecule has 0 atom stereocenters. The standard InChI is InChI=1S/C21H18ClNO3S/c22-18-3-1-2-15(10-18)16-9-17-12-23(5-6-26-21(17)19(24)11-16)20(25)8-14-4-7-27-13-14/h1-4,7,9-11,13,24H,5-6,8,12H2. The number of ether oxygens (including phenoxy) is 1. The molecule has 6 heteroatoms. The fourth-order valence-electron chi connectivity index (χ4n) is 3.23. The monoisotopic (exact) mass is 399 g/mol. The maximum atomic E-state index is 12.7. The van der Waals surface area contributed by atoms with Gasteiger partial charge in [0.15, 0.2) is 11.5 Å². The highest BCUT2D eigenvalue weighted by atomic mass is 35.5. The third-order valence-corrected chi connectivity index (χ3v) is 5.53. The van der Waals surface area contributed by atoms with Gasteiger partial charge in [-0.25, -0.2) is 0 Å². The van der Waals surface area contributed by atoms with Crippen LogP contribution in [0.25, 0.3) is 11.1 Å². The molecule has 0 bridgehead atoms. The SMILES string of the molecule is O=C(Cc1ccsc1)N1CCOc2c(O)cc(-c3cccc(Cl)c3)cc2C1. The van der Waals surface area contributed by atoms with Crippen LogP contribution in [0.1, 0.15) is 11.1 Å². The van der Waals surface area contributed by atoms with Gasteiger partial charge in [-0.05, 0) is 57.8 Å². The highest BCUT2D eigenvalue weighted by molar-refractivity contribution is 7.08. The molecule has 0 saturated carbocycles. The Morgan fingerprint density at radius 2 is 2.11 bits per heavy atom. The van der Waals surface area contributed by atoms with E-state index in [4.69, 9.17) is 16.3 Å². The minimum Gasteiger partial charge on any atom is -0.504 e. The number of aromatic hydroxyl groups is 1. The maximum Gasteiger partial charge on any atom is 0.227 e. The Labute approximate surface area is 166 Å². The fraction of sp³-hybridized carbons (Fsp3) is 0.190. The first-order valence-electron chi connectivity index (χ1n) is 8.63. The summed E-state index contributed by atoms with van der Waals surface area (Å²) in [5, 5.41) is 15.1. The van der Waals surface area contributed by atoms with E-state index in [1.807, 2.05) is 47.2 Å². The number of hydrogen-bond acceptors (Lipinski definition) is 4. The van der Waals surface area contributed by atoms with Crippen molar-refractivity contribution in [2.75, 3.05) is 13.2 Å². The van der Waals surface area contributed by atoms with Crippen LogP contribution in [0.4, 0.5) is 0 Å². The van der Waals surface area contributed by atoms with Crippen LogP contribution < -0.4 is 4.74 Å². The van der Waals surface area contributed by atoms with Gasteiger partial charge in [-0.15, -0.1) is 0 Å². The number of phenolic OH excluding ortho intramolecular Hbond substituents is 1. The van der Waals surface area contributed by atoms with Crippen LogP contribution in [0.5, 0.6) is 11.5 Å². The highest BCUT2D eigenvalue weighted by Crippen LogP contribution is 2.38. The first-order valence-corrected chi connectivity index (χ1v) is 9.96. The summed E-state index contributed by atoms with van der Waals surface area (Å²) < 4.78 is 5.74. The lowest BCUT2D eigenvalue weighted by molar-refractivity contribution is -0.131. The number of nitrogens with zero attached hydrogens (tertiary/aromatic N) is 1. The molecule has 1 aliphatic rings. The van der Waals surface area contributed by atoms with Gasteiger partial charge in [0.05, 0.1) is 13.0 Å². The molecule has 3 aromatic rings. The number of hydrogen-bond donors (Lipinski definition) is 1. The molecule has 1 N–H and O–H groups in total. The van der Waals surface area contributed by atoms with E-state index in [9.17, 15) is 9.90 Å². The third-order valence-electron chi connectivity index (χ3n) is 4.56. The number of amides is 1. The molecule has 27 heavy (non-hydrogen) atoms. The van der Waals surface area contributed by atoms with Gasteiger partial charge in [-0.3, -0.25) is 4.79 Å². The fourth-order valence-corrected chi connectivity index (χ4v) is 4.09. The topological polar surface area (TPSA) is 49.8 Å². The van der Waals surface area contributed by atoms with E-state index in [0.29, 0.717) is 36.9 Å². The summed E-state index contributed by atoms with van der Waals surface area (Å²) in [5.74, 6) is 0.582. The largest absolute Gasteiger partial charge is 0.504 e. The van der Waals surface area contributed by atoms with Gasteiger partial charge in [-0.2, -0.15) is 11.3 Å². The van der Waals surface area contributed by atoms with Gasteiger partial charge in [0.25, 0.3) is 0 Å². The van der Waals surface area contributed by atoms with Crippen molar-refractivity contribution in [3.05, 3.63) is 69.4 Å². The van der Waals surface area contributed by atoms with Crippen molar-refractivity contribution < 1.29 is 14.6 Å². The Balaban J connectivity index is 1.63. The van der Waals surface area contributed by atoms with Crippen LogP contribution >= 0.6 is 22.9 Å². The van der Waals surface area contributed by atoms with Crippen LogP contribution in [0.15, 0.2) is 53.2 Å². The molecular formula is C21H18ClNO3S. The van der Waals surface area contributed by atoms with Crippen LogP contribution in [0.3, 0.4) is 0 Å². The van der Waals surface area contributed by atoms with Crippen LogP contribution in [-0.2, 0) is 17.8 Å². The Morgan fingerprint density at radius 3 is 2.89 bits per heavy atom. The normalized spacial score (nSPS) is 13.6. The molecule has 0 fully saturated rings. The number of fused-ring (bicyclic) bond motifs is 1. The van der Waals surface area contributed by atoms with Crippen molar-refractivity contribution in [2.24, 2.45) is 0 Å². The number of thiophene rings is 1. The summed E-state index contributed by atoms with van der Waals surface area (Å²) in [6.07, 6.45) is 0.374. The van der Waals surface area contributed by atoms with Crippen molar-refractivity contribution >= 4 is 28.8 Å². The molecule has 2 heterocycles. The van der Waals surface area contributed by atoms with Crippen LogP contribution in [0.2, 0.25) is 5.02 Å². The summed E-state index contributed by atoms with van der Waals surface area (Å²) >= 11 is 7.68. The highest BCUT2D eigenvalue weighted by Gasteiger charge is 2.23. The first kappa shape index (κ1) is 17.9. The van der Waals surface area contributed by atoms with Gasteiger partial charge in [0.2, 0.25) is 5.91 Å². The minimum atomic E-state index is 0.0532. The molecule has 0 saturated heterocycles. The number of halogens is 1. The number of phenols is 1. The molecule has 4 rings (SSSR count). The van der Waals surface area contributed by atoms with E-state index in [0.717, 1.165) is 22.3 Å². The predicted octanol–water partition coefficient (Wildman–Crippen LogP) is 4.74. The van der Waals surface area contributed by atoms with Crippen molar-refractivity contribution in [1.29, 1.82) is 0 Å². The number of rotatable bonds is 3. The summed E-state index contributed by atoms with van der Waals surface area (Å²) in [4.78, 5) is 14.5. The van der Waals surface area contributed by atoms with E-state index in [-0.39, 0.29) is 11.7 Å². The van der Waals surface area contributed by atoms with E-state index >= 15 is 0 Å². The van der Waals surface area contributed by atoms with E-state index in [1.54, 1.807) is 22.3 Å². The summed E-state index contributed by atoms with van der Waals surface area (Å²) in [5.41, 5.74) is 3.55. The maximum absolute atomic E-state index is 12.7. The summed E-state index contributed by atoms with van der Waals surface area (Å²) in [7, 11) is 0. The molecule has 0 unspecified atom stereocenters. The lowest BCUT2D eigenvalue weighted by Crippen LogP contribution is -2.33. The van der Waals surface area contributed by atoms with Crippen molar-refractivity contribution in [3.63, 3.8) is 0 Å². The van der Waals surface area contributed by atoms with Crippen molar-refractivity contribution in [2.45, 2.75) is 13.0 Å². The lowest BCUT2D eigenvalue weighted by Gasteiger charge is -2.20. The average molecular weight is 400 g/mol. The van der Waals surface area contributed by atoms with Crippen molar-refractivity contribution in [3.8, 4) is 22.6 Å². The zero-order chi connectivity index (χ0) is 18.8. The van der Waals surface area contributed by atoms with Gasteiger partial charge in [0.1, 0.15) is 6.61 Å². The number of carbonyl (C=O) groups is 1. The van der Waals surface area contributed by atoms with E-state index < -0.39 is 0 Å². The Kier molecular flexibility index (Phi) is 5.05. The van der Waals surface area contributed by atoms with Crippen LogP contribution in [-0.4, -0.2) is 29.1 Å². The summed E-state index contributed by atoms with van der Waals surface area (Å²) in [6, 6.07) is 13.1. The molecule has 2 aromatic carbocycles. The molecule has 1 aliphatic heterocycles. The third kappa shape index (κ3) is 3.94. The second-order valence-electron chi connectivity index (χ2n) is 6.47. The predicted molar refractivity (Wildman–Crippen MR) is 107 cm³/mol. The quantitative estimate of drug-likeness (QED) is 0.692. The Bertz CT molecular complexity index is 972. The second-order valence-corrected chi connectivity index (χ2v) is 7.68. The molecule has 4 nitrogen and oxygen atoms in total. The zero-order valence-electron chi connectivity index (χ0n) is 14.5. The van der Waals surface area contributed by atoms with Gasteiger partial charge < -0.3 is 14.7 Å². The molecule has 0 radical (unpaired) electrons. The molecule has 1 amide bonds. The first-order chi connectivity index (χ1) is 13.1. The van der Waals surface area contributed by atoms with E-state index in [1.165, 1.54) is 0 Å². The number of benzene rings is 2. The average Bonchev–Trinajstić information content (AvgIpc) is 3.05. The second kappa shape index (κ2) is 7.62. The molecule has 1 aromatic heterocycles. The molecular weight excluding hydrogens is 382 g/mol. The van der Waals surface area contributed by atoms with Crippen LogP contribution in [0, 0.1) is 0 Å². The minimum absolute atomic E-state index is 0.0532. The van der Waals surface area contributed by atoms with Gasteiger partial charge in [0, 0.05) is 17.1 Å². The Hall–Kier alpha value is -2.50. The summed E-state index contributed by atoms with van der Waals surface area (Å²) in [6.45, 7) is 1.25. The number of carbonyl (C=O) groups excluding carboxylic acids is 1. The molecule has 138 valence electrons. The zero-order valence-corrected chi connectivity index (χ0v) is 16.1.